The Morgan fingerprint density at radius 2 is 1.50 bits per heavy atom. The monoisotopic (exact) mass is 254 g/mol. The Morgan fingerprint density at radius 1 is 1.00 bits per heavy atom. The summed E-state index contributed by atoms with van der Waals surface area (Å²) in [6.45, 7) is 13.3. The van der Waals surface area contributed by atoms with Gasteiger partial charge in [0.1, 0.15) is 0 Å². The topological polar surface area (TPSA) is 15.3 Å². The van der Waals surface area contributed by atoms with Crippen molar-refractivity contribution in [2.24, 2.45) is 17.8 Å². The first-order valence-electron chi connectivity index (χ1n) is 7.91. The third kappa shape index (κ3) is 5.71. The molecule has 1 saturated heterocycles. The van der Waals surface area contributed by atoms with E-state index in [1.807, 2.05) is 0 Å². The number of hydrogen-bond acceptors (Lipinski definition) is 2. The molecule has 0 radical (unpaired) electrons. The molecule has 1 rings (SSSR count). The van der Waals surface area contributed by atoms with Crippen molar-refractivity contribution < 1.29 is 0 Å². The average molecular weight is 254 g/mol. The third-order valence-electron chi connectivity index (χ3n) is 4.15. The number of nitrogens with one attached hydrogen (secondary N) is 1. The van der Waals surface area contributed by atoms with E-state index in [1.165, 1.54) is 45.3 Å². The molecule has 0 aromatic heterocycles. The molecule has 1 heterocycles. The van der Waals surface area contributed by atoms with Gasteiger partial charge in [-0.05, 0) is 70.1 Å². The van der Waals surface area contributed by atoms with Gasteiger partial charge >= 0.3 is 0 Å². The van der Waals surface area contributed by atoms with Crippen LogP contribution in [-0.4, -0.2) is 37.6 Å². The molecule has 0 aromatic carbocycles. The molecule has 2 nitrogen and oxygen atoms in total. The Kier molecular flexibility index (Phi) is 7.25. The molecular weight excluding hydrogens is 220 g/mol. The molecule has 0 unspecified atom stereocenters. The van der Waals surface area contributed by atoms with Crippen LogP contribution in [-0.2, 0) is 0 Å². The second-order valence-electron chi connectivity index (χ2n) is 6.95. The fraction of sp³-hybridized carbons (Fsp3) is 1.00. The van der Waals surface area contributed by atoms with Crippen LogP contribution in [0.2, 0.25) is 0 Å². The van der Waals surface area contributed by atoms with Crippen LogP contribution in [0.15, 0.2) is 0 Å². The summed E-state index contributed by atoms with van der Waals surface area (Å²) in [5.74, 6) is 2.55. The molecular formula is C16H34N2. The summed E-state index contributed by atoms with van der Waals surface area (Å²) in [5.41, 5.74) is 0. The van der Waals surface area contributed by atoms with Crippen LogP contribution >= 0.6 is 0 Å². The molecule has 1 aliphatic rings. The third-order valence-corrected chi connectivity index (χ3v) is 4.15. The molecule has 2 heteroatoms. The molecule has 0 aromatic rings. The van der Waals surface area contributed by atoms with Crippen molar-refractivity contribution in [3.63, 3.8) is 0 Å². The van der Waals surface area contributed by atoms with Gasteiger partial charge in [0.15, 0.2) is 0 Å². The molecule has 0 spiro atoms. The Bertz CT molecular complexity index is 195. The van der Waals surface area contributed by atoms with Gasteiger partial charge < -0.3 is 10.2 Å². The first-order chi connectivity index (χ1) is 8.52. The van der Waals surface area contributed by atoms with E-state index in [9.17, 15) is 0 Å². The minimum Gasteiger partial charge on any atom is -0.319 e. The lowest BCUT2D eigenvalue weighted by atomic mass is 9.90. The van der Waals surface area contributed by atoms with Crippen LogP contribution in [0.25, 0.3) is 0 Å². The number of nitrogens with zero attached hydrogens (tertiary/aromatic N) is 1. The minimum atomic E-state index is 0.820. The second-order valence-corrected chi connectivity index (χ2v) is 6.95. The van der Waals surface area contributed by atoms with Crippen molar-refractivity contribution in [3.05, 3.63) is 0 Å². The summed E-state index contributed by atoms with van der Waals surface area (Å²) in [7, 11) is 2.08. The predicted octanol–water partition coefficient (Wildman–Crippen LogP) is 3.38. The van der Waals surface area contributed by atoms with Gasteiger partial charge in [-0.1, -0.05) is 27.7 Å². The SMILES string of the molecule is CNCC1CCN(C(CC(C)C)CC(C)C)CC1. The highest BCUT2D eigenvalue weighted by molar-refractivity contribution is 4.80. The predicted molar refractivity (Wildman–Crippen MR) is 80.9 cm³/mol. The maximum atomic E-state index is 3.33. The quantitative estimate of drug-likeness (QED) is 0.749. The van der Waals surface area contributed by atoms with E-state index < -0.39 is 0 Å². The maximum Gasteiger partial charge on any atom is 0.0100 e. The number of piperidine rings is 1. The Morgan fingerprint density at radius 3 is 1.89 bits per heavy atom. The van der Waals surface area contributed by atoms with E-state index in [4.69, 9.17) is 0 Å². The van der Waals surface area contributed by atoms with E-state index >= 15 is 0 Å². The molecule has 0 amide bonds. The smallest absolute Gasteiger partial charge is 0.0100 e. The molecule has 0 saturated carbocycles. The highest BCUT2D eigenvalue weighted by atomic mass is 15.2. The second kappa shape index (κ2) is 8.16. The first kappa shape index (κ1) is 16.0. The number of hydrogen-bond donors (Lipinski definition) is 1. The molecule has 1 N–H and O–H groups in total. The Hall–Kier alpha value is -0.0800. The summed E-state index contributed by atoms with van der Waals surface area (Å²) in [6.07, 6.45) is 5.50. The lowest BCUT2D eigenvalue weighted by molar-refractivity contribution is 0.104. The van der Waals surface area contributed by atoms with Crippen LogP contribution in [0, 0.1) is 17.8 Å². The van der Waals surface area contributed by atoms with Gasteiger partial charge in [-0.2, -0.15) is 0 Å². The summed E-state index contributed by atoms with van der Waals surface area (Å²) in [4.78, 5) is 2.77. The Labute approximate surface area is 115 Å². The molecule has 1 aliphatic heterocycles. The molecule has 108 valence electrons. The first-order valence-corrected chi connectivity index (χ1v) is 7.91. The Balaban J connectivity index is 2.43. The van der Waals surface area contributed by atoms with Gasteiger partial charge in [-0.25, -0.2) is 0 Å². The van der Waals surface area contributed by atoms with E-state index in [-0.39, 0.29) is 0 Å². The van der Waals surface area contributed by atoms with Crippen molar-refractivity contribution in [2.75, 3.05) is 26.7 Å². The summed E-state index contributed by atoms with van der Waals surface area (Å²) < 4.78 is 0. The molecule has 1 fully saturated rings. The van der Waals surface area contributed by atoms with E-state index in [1.54, 1.807) is 0 Å². The van der Waals surface area contributed by atoms with E-state index in [0.717, 1.165) is 23.8 Å². The van der Waals surface area contributed by atoms with Gasteiger partial charge in [0.25, 0.3) is 0 Å². The zero-order valence-electron chi connectivity index (χ0n) is 13.2. The van der Waals surface area contributed by atoms with Gasteiger partial charge in [-0.3, -0.25) is 0 Å². The van der Waals surface area contributed by atoms with Gasteiger partial charge in [0.2, 0.25) is 0 Å². The van der Waals surface area contributed by atoms with E-state index in [0.29, 0.717) is 0 Å². The van der Waals surface area contributed by atoms with Crippen LogP contribution in [0.1, 0.15) is 53.4 Å². The zero-order chi connectivity index (χ0) is 13.5. The average Bonchev–Trinajstić information content (AvgIpc) is 2.28. The number of likely N-dealkylation sites (tertiary alicyclic amines) is 1. The highest BCUT2D eigenvalue weighted by Crippen LogP contribution is 2.25. The highest BCUT2D eigenvalue weighted by Gasteiger charge is 2.25. The molecule has 0 atom stereocenters. The van der Waals surface area contributed by atoms with Crippen LogP contribution < -0.4 is 5.32 Å². The standard InChI is InChI=1S/C16H34N2/c1-13(2)10-16(11-14(3)4)18-8-6-15(7-9-18)12-17-5/h13-17H,6-12H2,1-5H3. The zero-order valence-corrected chi connectivity index (χ0v) is 13.2. The van der Waals surface area contributed by atoms with Crippen LogP contribution in [0.3, 0.4) is 0 Å². The van der Waals surface area contributed by atoms with Gasteiger partial charge in [0, 0.05) is 6.04 Å². The van der Waals surface area contributed by atoms with Crippen LogP contribution in [0.5, 0.6) is 0 Å². The minimum absolute atomic E-state index is 0.820. The molecule has 0 bridgehead atoms. The molecule has 0 aliphatic carbocycles. The van der Waals surface area contributed by atoms with Gasteiger partial charge in [-0.15, -0.1) is 0 Å². The lowest BCUT2D eigenvalue weighted by Crippen LogP contribution is -2.44. The summed E-state index contributed by atoms with van der Waals surface area (Å²) >= 11 is 0. The van der Waals surface area contributed by atoms with Gasteiger partial charge in [0.05, 0.1) is 0 Å². The largest absolute Gasteiger partial charge is 0.319 e. The van der Waals surface area contributed by atoms with Crippen molar-refractivity contribution in [1.82, 2.24) is 10.2 Å². The van der Waals surface area contributed by atoms with E-state index in [2.05, 4.69) is 45.0 Å². The van der Waals surface area contributed by atoms with Crippen molar-refractivity contribution in [2.45, 2.75) is 59.4 Å². The lowest BCUT2D eigenvalue weighted by Gasteiger charge is -2.39. The summed E-state index contributed by atoms with van der Waals surface area (Å²) in [5, 5.41) is 3.33. The fourth-order valence-electron chi connectivity index (χ4n) is 3.29. The van der Waals surface area contributed by atoms with Crippen molar-refractivity contribution in [3.8, 4) is 0 Å². The fourth-order valence-corrected chi connectivity index (χ4v) is 3.29. The number of rotatable bonds is 7. The maximum absolute atomic E-state index is 3.33. The molecule has 18 heavy (non-hydrogen) atoms. The normalized spacial score (nSPS) is 19.3. The van der Waals surface area contributed by atoms with Crippen molar-refractivity contribution >= 4 is 0 Å². The van der Waals surface area contributed by atoms with Crippen LogP contribution in [0.4, 0.5) is 0 Å². The summed E-state index contributed by atoms with van der Waals surface area (Å²) in [6, 6.07) is 0.820. The van der Waals surface area contributed by atoms with Crippen molar-refractivity contribution in [1.29, 1.82) is 0 Å².